The fourth-order valence-electron chi connectivity index (χ4n) is 3.21. The van der Waals surface area contributed by atoms with Crippen LogP contribution in [0.3, 0.4) is 0 Å². The molecule has 0 spiro atoms. The Morgan fingerprint density at radius 3 is 2.62 bits per heavy atom. The fraction of sp³-hybridized carbons (Fsp3) is 0.238. The first-order chi connectivity index (χ1) is 14.1. The molecular formula is C21H20N2O6. The maximum atomic E-state index is 12.4. The quantitative estimate of drug-likeness (QED) is 0.663. The number of rotatable bonds is 6. The van der Waals surface area contributed by atoms with Gasteiger partial charge in [0.15, 0.2) is 23.0 Å². The molecule has 2 heterocycles. The van der Waals surface area contributed by atoms with Crippen molar-refractivity contribution in [2.24, 2.45) is 0 Å². The Morgan fingerprint density at radius 1 is 1.07 bits per heavy atom. The minimum Gasteiger partial charge on any atom is -0.493 e. The van der Waals surface area contributed by atoms with Crippen LogP contribution in [0.1, 0.15) is 15.9 Å². The van der Waals surface area contributed by atoms with Gasteiger partial charge in [-0.1, -0.05) is 0 Å². The first-order valence-corrected chi connectivity index (χ1v) is 9.05. The zero-order valence-electron chi connectivity index (χ0n) is 16.0. The van der Waals surface area contributed by atoms with Crippen LogP contribution in [0.5, 0.6) is 23.0 Å². The van der Waals surface area contributed by atoms with Crippen molar-refractivity contribution in [2.45, 2.75) is 6.42 Å². The number of H-pyrrole nitrogens is 1. The predicted molar refractivity (Wildman–Crippen MR) is 106 cm³/mol. The number of aromatic amines is 1. The summed E-state index contributed by atoms with van der Waals surface area (Å²) >= 11 is 0. The fourth-order valence-corrected chi connectivity index (χ4v) is 3.21. The van der Waals surface area contributed by atoms with Crippen LogP contribution in [0.2, 0.25) is 0 Å². The second kappa shape index (κ2) is 7.75. The molecule has 2 aromatic carbocycles. The number of hydrogen-bond acceptors (Lipinski definition) is 6. The van der Waals surface area contributed by atoms with Crippen LogP contribution in [-0.4, -0.2) is 38.4 Å². The molecule has 0 bridgehead atoms. The number of methoxy groups -OCH3 is 2. The Bertz CT molecular complexity index is 1140. The number of hydrogen-bond donors (Lipinski definition) is 2. The molecule has 0 unspecified atom stereocenters. The number of carbonyl (C=O) groups excluding carboxylic acids is 1. The lowest BCUT2D eigenvalue weighted by molar-refractivity contribution is 0.0953. The van der Waals surface area contributed by atoms with Crippen LogP contribution in [0.4, 0.5) is 0 Å². The topological polar surface area (TPSA) is 98.9 Å². The molecular weight excluding hydrogens is 376 g/mol. The molecule has 8 nitrogen and oxygen atoms in total. The third-order valence-electron chi connectivity index (χ3n) is 4.74. The van der Waals surface area contributed by atoms with Gasteiger partial charge in [-0.05, 0) is 36.8 Å². The van der Waals surface area contributed by atoms with Gasteiger partial charge in [0.2, 0.25) is 6.79 Å². The van der Waals surface area contributed by atoms with Crippen LogP contribution in [-0.2, 0) is 6.42 Å². The van der Waals surface area contributed by atoms with E-state index in [-0.39, 0.29) is 18.3 Å². The summed E-state index contributed by atoms with van der Waals surface area (Å²) in [6.45, 7) is 0.469. The number of benzene rings is 2. The Hall–Kier alpha value is -3.68. The molecule has 0 saturated carbocycles. The van der Waals surface area contributed by atoms with E-state index in [1.165, 1.54) is 0 Å². The minimum absolute atomic E-state index is 0.155. The third kappa shape index (κ3) is 3.69. The number of pyridine rings is 1. The second-order valence-corrected chi connectivity index (χ2v) is 6.49. The summed E-state index contributed by atoms with van der Waals surface area (Å²) in [5, 5.41) is 3.64. The van der Waals surface area contributed by atoms with Crippen molar-refractivity contribution in [3.63, 3.8) is 0 Å². The van der Waals surface area contributed by atoms with Gasteiger partial charge in [0.1, 0.15) is 0 Å². The highest BCUT2D eigenvalue weighted by molar-refractivity contribution is 5.95. The van der Waals surface area contributed by atoms with Gasteiger partial charge >= 0.3 is 0 Å². The summed E-state index contributed by atoms with van der Waals surface area (Å²) in [6, 6.07) is 10.3. The first-order valence-electron chi connectivity index (χ1n) is 9.05. The van der Waals surface area contributed by atoms with Crippen molar-refractivity contribution in [2.75, 3.05) is 27.6 Å². The Labute approximate surface area is 166 Å². The Kier molecular flexibility index (Phi) is 4.99. The van der Waals surface area contributed by atoms with Gasteiger partial charge in [-0.2, -0.15) is 0 Å². The highest BCUT2D eigenvalue weighted by Gasteiger charge is 2.16. The van der Waals surface area contributed by atoms with Crippen molar-refractivity contribution >= 4 is 16.8 Å². The number of ether oxygens (including phenoxy) is 4. The number of amides is 1. The summed E-state index contributed by atoms with van der Waals surface area (Å²) in [5.41, 5.74) is 1.48. The van der Waals surface area contributed by atoms with E-state index in [0.29, 0.717) is 52.6 Å². The zero-order valence-corrected chi connectivity index (χ0v) is 16.0. The Morgan fingerprint density at radius 2 is 1.83 bits per heavy atom. The molecule has 29 heavy (non-hydrogen) atoms. The first kappa shape index (κ1) is 18.7. The van der Waals surface area contributed by atoms with Crippen LogP contribution in [0.25, 0.3) is 10.9 Å². The van der Waals surface area contributed by atoms with E-state index in [4.69, 9.17) is 18.9 Å². The summed E-state index contributed by atoms with van der Waals surface area (Å²) in [4.78, 5) is 27.6. The van der Waals surface area contributed by atoms with E-state index in [1.807, 2.05) is 0 Å². The average Bonchev–Trinajstić information content (AvgIpc) is 3.21. The molecule has 0 atom stereocenters. The van der Waals surface area contributed by atoms with Gasteiger partial charge in [0.05, 0.1) is 19.7 Å². The smallest absolute Gasteiger partial charge is 0.251 e. The largest absolute Gasteiger partial charge is 0.493 e. The highest BCUT2D eigenvalue weighted by atomic mass is 16.7. The van der Waals surface area contributed by atoms with Crippen molar-refractivity contribution in [1.82, 2.24) is 10.3 Å². The molecule has 2 N–H and O–H groups in total. The van der Waals surface area contributed by atoms with Crippen LogP contribution >= 0.6 is 0 Å². The number of fused-ring (bicyclic) bond motifs is 2. The van der Waals surface area contributed by atoms with Gasteiger partial charge in [-0.25, -0.2) is 0 Å². The maximum Gasteiger partial charge on any atom is 0.251 e. The van der Waals surface area contributed by atoms with E-state index in [1.54, 1.807) is 50.6 Å². The van der Waals surface area contributed by atoms with Crippen molar-refractivity contribution in [3.8, 4) is 23.0 Å². The van der Waals surface area contributed by atoms with Crippen LogP contribution in [0.15, 0.2) is 41.2 Å². The van der Waals surface area contributed by atoms with Crippen LogP contribution in [0, 0.1) is 0 Å². The summed E-state index contributed by atoms with van der Waals surface area (Å²) in [5.74, 6) is 2.05. The normalized spacial score (nSPS) is 12.1. The lowest BCUT2D eigenvalue weighted by atomic mass is 10.1. The molecule has 0 radical (unpaired) electrons. The maximum absolute atomic E-state index is 12.4. The standard InChI is InChI=1S/C21H20N2O6/c1-26-17-9-14-7-13(21(25)23-15(14)10-18(17)27-2)5-6-22-20(24)12-3-4-16-19(8-12)29-11-28-16/h3-4,7-10H,5-6,11H2,1-2H3,(H,22,24)(H,23,25). The average molecular weight is 396 g/mol. The van der Waals surface area contributed by atoms with Gasteiger partial charge in [-0.3, -0.25) is 9.59 Å². The van der Waals surface area contributed by atoms with Gasteiger partial charge < -0.3 is 29.2 Å². The molecule has 0 aliphatic carbocycles. The summed E-state index contributed by atoms with van der Waals surface area (Å²) in [6.07, 6.45) is 0.385. The van der Waals surface area contributed by atoms with Crippen molar-refractivity contribution in [3.05, 3.63) is 57.9 Å². The molecule has 1 aliphatic rings. The molecule has 0 fully saturated rings. The van der Waals surface area contributed by atoms with E-state index in [0.717, 1.165) is 5.39 Å². The predicted octanol–water partition coefficient (Wildman–Crippen LogP) is 2.25. The minimum atomic E-state index is -0.244. The monoisotopic (exact) mass is 396 g/mol. The lowest BCUT2D eigenvalue weighted by Gasteiger charge is -2.10. The van der Waals surface area contributed by atoms with E-state index < -0.39 is 0 Å². The molecule has 8 heteroatoms. The van der Waals surface area contributed by atoms with Crippen molar-refractivity contribution in [1.29, 1.82) is 0 Å². The second-order valence-electron chi connectivity index (χ2n) is 6.49. The van der Waals surface area contributed by atoms with E-state index in [9.17, 15) is 9.59 Å². The zero-order chi connectivity index (χ0) is 20.4. The molecule has 1 amide bonds. The number of carbonyl (C=O) groups is 1. The molecule has 4 rings (SSSR count). The van der Waals surface area contributed by atoms with Gasteiger partial charge in [0.25, 0.3) is 11.5 Å². The highest BCUT2D eigenvalue weighted by Crippen LogP contribution is 2.32. The third-order valence-corrected chi connectivity index (χ3v) is 4.74. The van der Waals surface area contributed by atoms with Gasteiger partial charge in [-0.15, -0.1) is 0 Å². The molecule has 150 valence electrons. The summed E-state index contributed by atoms with van der Waals surface area (Å²) < 4.78 is 21.1. The van der Waals surface area contributed by atoms with Crippen LogP contribution < -0.4 is 29.8 Å². The molecule has 0 saturated heterocycles. The molecule has 1 aromatic heterocycles. The SMILES string of the molecule is COc1cc2cc(CCNC(=O)c3ccc4c(c3)OCO4)c(=O)[nH]c2cc1OC. The van der Waals surface area contributed by atoms with Crippen molar-refractivity contribution < 1.29 is 23.7 Å². The number of nitrogens with one attached hydrogen (secondary N) is 2. The molecule has 3 aromatic rings. The van der Waals surface area contributed by atoms with Gasteiger partial charge in [0, 0.05) is 29.1 Å². The lowest BCUT2D eigenvalue weighted by Crippen LogP contribution is -2.27. The molecule has 1 aliphatic heterocycles. The van der Waals surface area contributed by atoms with E-state index in [2.05, 4.69) is 10.3 Å². The summed E-state index contributed by atoms with van der Waals surface area (Å²) in [7, 11) is 3.10. The van der Waals surface area contributed by atoms with E-state index >= 15 is 0 Å². The number of aromatic nitrogens is 1. The Balaban J connectivity index is 1.47.